The first-order valence-electron chi connectivity index (χ1n) is 42.2. The van der Waals surface area contributed by atoms with E-state index in [9.17, 15) is 63.5 Å². The van der Waals surface area contributed by atoms with Crippen molar-refractivity contribution in [3.8, 4) is 73.4 Å². The molecule has 0 aliphatic heterocycles. The summed E-state index contributed by atoms with van der Waals surface area (Å²) in [6, 6.07) is 70.8. The number of fused-ring (bicyclic) bond motifs is 3. The van der Waals surface area contributed by atoms with Crippen LogP contribution in [0.3, 0.4) is 0 Å². The fourth-order valence-electron chi connectivity index (χ4n) is 12.5. The van der Waals surface area contributed by atoms with Gasteiger partial charge in [0, 0.05) is 104 Å². The molecule has 17 aromatic rings. The summed E-state index contributed by atoms with van der Waals surface area (Å²) in [6.45, 7) is -2.52. The van der Waals surface area contributed by atoms with Gasteiger partial charge in [-0.05, 0) is 229 Å². The number of hydrogen-bond acceptors (Lipinski definition) is 30. The van der Waals surface area contributed by atoms with Crippen molar-refractivity contribution in [3.05, 3.63) is 343 Å². The molecule has 46 heteroatoms. The number of esters is 1. The Hall–Kier alpha value is -13.4. The molecule has 9 aromatic carbocycles. The van der Waals surface area contributed by atoms with Crippen molar-refractivity contribution < 1.29 is 72.8 Å². The highest BCUT2D eigenvalue weighted by atomic mass is 79.9. The average Bonchev–Trinajstić information content (AvgIpc) is 0.760. The van der Waals surface area contributed by atoms with E-state index in [1.165, 1.54) is 76.3 Å². The van der Waals surface area contributed by atoms with E-state index in [0.717, 1.165) is 80.0 Å². The lowest BCUT2D eigenvalue weighted by Crippen LogP contribution is -2.24. The van der Waals surface area contributed by atoms with Gasteiger partial charge in [-0.25, -0.2) is 48.3 Å². The molecule has 17 rings (SSSR count). The molecule has 6 N–H and O–H groups in total. The molecule has 0 bridgehead atoms. The molecule has 0 aliphatic carbocycles. The van der Waals surface area contributed by atoms with Crippen molar-refractivity contribution in [2.75, 3.05) is 90.0 Å². The standard InChI is InChI=1S/C22H16BrF3N4O2.C21H16BrN3O4S.C21H16BrN3O2S.C12H10BrN3OS.C10H12O3.C6H6BrN.C6H5ClN2OS.C2H4F3N/c1-32-17-8-2-13(3-9-17)18-10-14-11-27-21(28-12-22(24,25)26)29-19(14)30(20(18)31)16-6-4-15(23)5-7-16;1-29-17-9-3-13(4-10-17)18-11-14-12-23-21(30(2,27)28)24-19(14)25(20(18)26)16-7-5-15(22)6-8-16;1-27-17-9-3-13(4-10-17)18-11-14-12-23-21(28-2)24-19(14)25(20(18)26)16-7-5-15(22)6-8-16;1-18-12-14-6-8(7-17)11(16-12)15-10-4-2-9(13)3-5-10;1-12-9-5-3-8(4-6-9)7-10(11)13-2;7-5-1-3-6(8)4-2-5;1-11-6-8-2-4(3-10)5(7)9-6;3-2(4,5)1-6/h2-11H,12H2,1H3,(H,27,28,29);3-12H,1-2H3;3-12H,1-2H3;2-7H,1H3,(H,14,15,16);3-6H,7H2,1-2H3;1-4H,8H2;2-3H,1H3;1,6H2. The van der Waals surface area contributed by atoms with Crippen LogP contribution in [0.4, 0.5) is 49.5 Å². The number of aromatic nitrogens is 13. The van der Waals surface area contributed by atoms with Gasteiger partial charge in [-0.2, -0.15) is 36.3 Å². The number of thioether (sulfide) groups is 3. The van der Waals surface area contributed by atoms with Crippen LogP contribution in [0.15, 0.2) is 325 Å². The number of anilines is 4. The number of carbonyl (C=O) groups is 3. The number of nitrogens with one attached hydrogen (secondary N) is 2. The summed E-state index contributed by atoms with van der Waals surface area (Å²) in [5.41, 5.74) is 18.5. The molecule has 8 heterocycles. The largest absolute Gasteiger partial charge is 0.497 e. The lowest BCUT2D eigenvalue weighted by Gasteiger charge is -2.14. The summed E-state index contributed by atoms with van der Waals surface area (Å²) in [7, 11) is 4.08. The Balaban J connectivity index is 0.000000180. The zero-order valence-electron chi connectivity index (χ0n) is 78.1. The zero-order chi connectivity index (χ0) is 106. The minimum atomic E-state index is -4.43. The predicted molar refractivity (Wildman–Crippen MR) is 577 cm³/mol. The second kappa shape index (κ2) is 54.7. The van der Waals surface area contributed by atoms with E-state index in [-0.39, 0.29) is 50.2 Å². The number of carbonyl (C=O) groups excluding carboxylic acids is 3. The second-order valence-electron chi connectivity index (χ2n) is 29.6. The number of nitrogens with two attached hydrogens (primary N) is 2. The first-order chi connectivity index (χ1) is 69.7. The SMILES string of the molecule is COC(=O)Cc1ccc(OC)cc1.COc1ccc(-c2cc3cnc(NCC(F)(F)F)nc3n(-c3ccc(Br)cc3)c2=O)cc1.COc1ccc(-c2cc3cnc(S(C)(=O)=O)nc3n(-c3ccc(Br)cc3)c2=O)cc1.COc1ccc(-c2cc3cnc(SC)nc3n(-c3ccc(Br)cc3)c2=O)cc1.CSc1ncc(C=O)c(Cl)n1.CSc1ncc(C=O)c(Nc2ccc(Br)cc2)n1.NCC(F)(F)F.Nc1ccc(Br)cc1. The zero-order valence-corrected chi connectivity index (χ0v) is 90.1. The summed E-state index contributed by atoms with van der Waals surface area (Å²) in [6.07, 6.45) is 7.24. The maximum absolute atomic E-state index is 13.5. The summed E-state index contributed by atoms with van der Waals surface area (Å²) >= 11 is 26.7. The molecule has 0 atom stereocenters. The monoisotopic (exact) mass is 2400 g/mol. The van der Waals surface area contributed by atoms with Crippen LogP contribution in [0.1, 0.15) is 26.3 Å². The Morgan fingerprint density at radius 1 is 0.445 bits per heavy atom. The highest BCUT2D eigenvalue weighted by molar-refractivity contribution is 9.11. The summed E-state index contributed by atoms with van der Waals surface area (Å²) in [5.74, 6) is 2.91. The number of nitrogen functional groups attached to an aromatic ring is 1. The van der Waals surface area contributed by atoms with Crippen LogP contribution < -0.4 is 57.7 Å². The van der Waals surface area contributed by atoms with E-state index in [1.807, 2.05) is 146 Å². The molecule has 0 unspecified atom stereocenters. The van der Waals surface area contributed by atoms with Gasteiger partial charge >= 0.3 is 18.3 Å². The molecule has 756 valence electrons. The highest BCUT2D eigenvalue weighted by Crippen LogP contribution is 2.33. The molecule has 0 fully saturated rings. The first-order valence-corrected chi connectivity index (χ1v) is 52.1. The van der Waals surface area contributed by atoms with E-state index >= 15 is 0 Å². The number of rotatable bonds is 22. The maximum Gasteiger partial charge on any atom is 0.405 e. The second-order valence-corrected chi connectivity index (χ2v) is 38.8. The van der Waals surface area contributed by atoms with Crippen LogP contribution in [0.25, 0.3) is 83.5 Å². The van der Waals surface area contributed by atoms with Gasteiger partial charge in [0.25, 0.3) is 16.7 Å². The van der Waals surface area contributed by atoms with Crippen molar-refractivity contribution >= 4 is 211 Å². The van der Waals surface area contributed by atoms with Crippen molar-refractivity contribution in [2.45, 2.75) is 39.4 Å². The third-order valence-corrected chi connectivity index (χ3v) is 25.2. The average molecular weight is 2410 g/mol. The fraction of sp³-hybridized carbons (Fsp3) is 0.140. The van der Waals surface area contributed by atoms with Crippen LogP contribution in [0.5, 0.6) is 23.0 Å². The Kier molecular flexibility index (Phi) is 42.9. The molecule has 146 heavy (non-hydrogen) atoms. The van der Waals surface area contributed by atoms with Gasteiger partial charge in [-0.1, -0.05) is 175 Å². The summed E-state index contributed by atoms with van der Waals surface area (Å²) in [4.78, 5) is 114. The van der Waals surface area contributed by atoms with Gasteiger partial charge in [-0.3, -0.25) is 42.5 Å². The summed E-state index contributed by atoms with van der Waals surface area (Å²) < 4.78 is 128. The predicted octanol–water partition coefficient (Wildman–Crippen LogP) is 22.9. The summed E-state index contributed by atoms with van der Waals surface area (Å²) in [5, 5.41) is 8.79. The van der Waals surface area contributed by atoms with Gasteiger partial charge in [0.15, 0.2) is 45.0 Å². The topological polar surface area (TPSA) is 402 Å². The molecule has 8 aromatic heterocycles. The molecule has 0 saturated heterocycles. The number of halogens is 12. The number of ether oxygens (including phenoxy) is 5. The molecule has 0 radical (unpaired) electrons. The molecule has 0 amide bonds. The third kappa shape index (κ3) is 33.3. The van der Waals surface area contributed by atoms with Crippen molar-refractivity contribution in [1.29, 1.82) is 0 Å². The van der Waals surface area contributed by atoms with Gasteiger partial charge in [0.05, 0.1) is 76.7 Å². The van der Waals surface area contributed by atoms with E-state index in [2.05, 4.69) is 151 Å². The van der Waals surface area contributed by atoms with Crippen LogP contribution >= 0.6 is 127 Å². The first kappa shape index (κ1) is 115. The number of pyridine rings is 3. The third-order valence-electron chi connectivity index (χ3n) is 19.7. The number of methoxy groups -OCH3 is 5. The maximum atomic E-state index is 13.5. The molecule has 0 aliphatic rings. The van der Waals surface area contributed by atoms with Crippen molar-refractivity contribution in [3.63, 3.8) is 0 Å². The Labute approximate surface area is 891 Å². The normalized spacial score (nSPS) is 10.8. The molecule has 30 nitrogen and oxygen atoms in total. The van der Waals surface area contributed by atoms with E-state index in [4.69, 9.17) is 36.3 Å². The van der Waals surface area contributed by atoms with Gasteiger partial charge in [0.1, 0.15) is 40.5 Å². The Morgan fingerprint density at radius 2 is 0.781 bits per heavy atom. The van der Waals surface area contributed by atoms with Crippen LogP contribution in [-0.2, 0) is 25.8 Å². The van der Waals surface area contributed by atoms with Crippen LogP contribution in [-0.4, -0.2) is 177 Å². The quantitative estimate of drug-likeness (QED) is 0.00931. The minimum absolute atomic E-state index is 0.134. The molecular weight excluding hydrogens is 2320 g/mol. The van der Waals surface area contributed by atoms with E-state index in [0.29, 0.717) is 112 Å². The van der Waals surface area contributed by atoms with Gasteiger partial charge in [-0.15, -0.1) is 0 Å². The lowest BCUT2D eigenvalue weighted by molar-refractivity contribution is -0.139. The Morgan fingerprint density at radius 3 is 1.13 bits per heavy atom. The minimum Gasteiger partial charge on any atom is -0.497 e. The smallest absolute Gasteiger partial charge is 0.405 e. The van der Waals surface area contributed by atoms with Crippen molar-refractivity contribution in [2.24, 2.45) is 5.73 Å². The van der Waals surface area contributed by atoms with Crippen molar-refractivity contribution in [1.82, 2.24) is 63.5 Å². The number of aldehydes is 2. The number of benzene rings is 9. The van der Waals surface area contributed by atoms with Gasteiger partial charge in [0.2, 0.25) is 20.9 Å². The number of sulfone groups is 1. The van der Waals surface area contributed by atoms with Crippen LogP contribution in [0.2, 0.25) is 5.15 Å². The highest BCUT2D eigenvalue weighted by Gasteiger charge is 2.28. The molecular formula is C100H85Br5ClF6N17O13S4. The van der Waals surface area contributed by atoms with E-state index in [1.54, 1.807) is 148 Å². The lowest BCUT2D eigenvalue weighted by atomic mass is 10.1. The number of nitrogens with zero attached hydrogens (tertiary/aromatic N) is 13. The van der Waals surface area contributed by atoms with Crippen LogP contribution in [0, 0.1) is 0 Å². The Bertz CT molecular complexity index is 7660. The number of alkyl halides is 6. The molecule has 0 spiro atoms. The number of hydrogen-bond donors (Lipinski definition) is 4. The van der Waals surface area contributed by atoms with Gasteiger partial charge < -0.3 is 45.8 Å². The molecule has 0 saturated carbocycles. The van der Waals surface area contributed by atoms with E-state index < -0.39 is 35.3 Å². The fourth-order valence-corrected chi connectivity index (χ4v) is 15.6.